The molecule has 2 rings (SSSR count). The first-order valence-electron chi connectivity index (χ1n) is 5.40. The van der Waals surface area contributed by atoms with E-state index in [0.29, 0.717) is 12.6 Å². The Hall–Kier alpha value is -1.70. The van der Waals surface area contributed by atoms with Gasteiger partial charge < -0.3 is 10.6 Å². The highest BCUT2D eigenvalue weighted by atomic mass is 19.4. The number of carbonyl (C=O) groups is 1. The molecule has 0 aliphatic carbocycles. The molecule has 1 aliphatic rings. The number of halogens is 3. The van der Waals surface area contributed by atoms with Crippen LogP contribution in [0, 0.1) is 0 Å². The van der Waals surface area contributed by atoms with E-state index in [1.165, 1.54) is 0 Å². The standard InChI is InChI=1S/C10H11F3N4O/c11-10(12,13)7-4-14-5-8(16-7)17-9(18)6-2-1-3-15-6/h4-6,15H,1-3H2,(H,16,17,18). The number of alkyl halides is 3. The highest BCUT2D eigenvalue weighted by Crippen LogP contribution is 2.27. The van der Waals surface area contributed by atoms with E-state index in [9.17, 15) is 18.0 Å². The zero-order valence-electron chi connectivity index (χ0n) is 9.29. The van der Waals surface area contributed by atoms with Crippen molar-refractivity contribution in [2.24, 2.45) is 0 Å². The van der Waals surface area contributed by atoms with Gasteiger partial charge in [0.15, 0.2) is 11.5 Å². The number of amides is 1. The van der Waals surface area contributed by atoms with Crippen molar-refractivity contribution >= 4 is 11.7 Å². The third-order valence-electron chi connectivity index (χ3n) is 2.55. The Morgan fingerprint density at radius 1 is 1.44 bits per heavy atom. The van der Waals surface area contributed by atoms with Crippen LogP contribution in [0.25, 0.3) is 0 Å². The van der Waals surface area contributed by atoms with Gasteiger partial charge in [-0.1, -0.05) is 0 Å². The molecule has 0 aromatic carbocycles. The molecule has 18 heavy (non-hydrogen) atoms. The molecule has 2 N–H and O–H groups in total. The maximum absolute atomic E-state index is 12.4. The predicted octanol–water partition coefficient (Wildman–Crippen LogP) is 1.19. The summed E-state index contributed by atoms with van der Waals surface area (Å²) in [6.45, 7) is 0.729. The normalized spacial score (nSPS) is 19.8. The van der Waals surface area contributed by atoms with Gasteiger partial charge in [-0.25, -0.2) is 4.98 Å². The lowest BCUT2D eigenvalue weighted by Gasteiger charge is -2.11. The molecular formula is C10H11F3N4O. The molecule has 1 aromatic heterocycles. The molecule has 0 spiro atoms. The number of hydrogen-bond donors (Lipinski definition) is 2. The van der Waals surface area contributed by atoms with E-state index < -0.39 is 11.9 Å². The number of anilines is 1. The summed E-state index contributed by atoms with van der Waals surface area (Å²) < 4.78 is 37.1. The van der Waals surface area contributed by atoms with Crippen LogP contribution in [-0.4, -0.2) is 28.5 Å². The van der Waals surface area contributed by atoms with Crippen molar-refractivity contribution in [1.29, 1.82) is 0 Å². The first-order valence-corrected chi connectivity index (χ1v) is 5.40. The quantitative estimate of drug-likeness (QED) is 0.838. The Balaban J connectivity index is 2.07. The van der Waals surface area contributed by atoms with E-state index in [1.54, 1.807) is 0 Å². The second kappa shape index (κ2) is 4.89. The molecule has 98 valence electrons. The van der Waals surface area contributed by atoms with Crippen molar-refractivity contribution < 1.29 is 18.0 Å². The van der Waals surface area contributed by atoms with Gasteiger partial charge in [-0.15, -0.1) is 0 Å². The summed E-state index contributed by atoms with van der Waals surface area (Å²) in [5.74, 6) is -0.579. The van der Waals surface area contributed by atoms with Crippen LogP contribution in [0.1, 0.15) is 18.5 Å². The SMILES string of the molecule is O=C(Nc1cncc(C(F)(F)F)n1)C1CCCN1. The molecular weight excluding hydrogens is 249 g/mol. The zero-order chi connectivity index (χ0) is 13.2. The first kappa shape index (κ1) is 12.7. The molecule has 0 radical (unpaired) electrons. The second-order valence-electron chi connectivity index (χ2n) is 3.93. The van der Waals surface area contributed by atoms with E-state index in [2.05, 4.69) is 20.6 Å². The van der Waals surface area contributed by atoms with E-state index >= 15 is 0 Å². The molecule has 0 saturated carbocycles. The van der Waals surface area contributed by atoms with Crippen LogP contribution >= 0.6 is 0 Å². The summed E-state index contributed by atoms with van der Waals surface area (Å²) in [4.78, 5) is 18.4. The van der Waals surface area contributed by atoms with Crippen LogP contribution in [0.4, 0.5) is 19.0 Å². The molecule has 1 saturated heterocycles. The molecule has 1 fully saturated rings. The van der Waals surface area contributed by atoms with Gasteiger partial charge in [0.05, 0.1) is 18.4 Å². The van der Waals surface area contributed by atoms with Gasteiger partial charge in [-0.2, -0.15) is 13.2 Å². The lowest BCUT2D eigenvalue weighted by Crippen LogP contribution is -2.35. The summed E-state index contributed by atoms with van der Waals surface area (Å²) in [7, 11) is 0. The number of carbonyl (C=O) groups excluding carboxylic acids is 1. The van der Waals surface area contributed by atoms with E-state index in [1.807, 2.05) is 0 Å². The molecule has 1 atom stereocenters. The molecule has 8 heteroatoms. The van der Waals surface area contributed by atoms with Crippen molar-refractivity contribution in [3.63, 3.8) is 0 Å². The number of hydrogen-bond acceptors (Lipinski definition) is 4. The van der Waals surface area contributed by atoms with Gasteiger partial charge in [0.2, 0.25) is 5.91 Å². The van der Waals surface area contributed by atoms with Crippen LogP contribution in [0.15, 0.2) is 12.4 Å². The summed E-state index contributed by atoms with van der Waals surface area (Å²) in [6.07, 6.45) is -1.34. The minimum absolute atomic E-state index is 0.191. The highest BCUT2D eigenvalue weighted by Gasteiger charge is 2.33. The molecule has 1 aromatic rings. The Morgan fingerprint density at radius 2 is 2.22 bits per heavy atom. The zero-order valence-corrected chi connectivity index (χ0v) is 9.29. The van der Waals surface area contributed by atoms with Crippen LogP contribution < -0.4 is 10.6 Å². The predicted molar refractivity (Wildman–Crippen MR) is 56.7 cm³/mol. The Labute approximate surface area is 101 Å². The van der Waals surface area contributed by atoms with Crippen molar-refractivity contribution in [3.05, 3.63) is 18.1 Å². The molecule has 1 unspecified atom stereocenters. The first-order chi connectivity index (χ1) is 8.47. The van der Waals surface area contributed by atoms with E-state index in [0.717, 1.165) is 19.2 Å². The summed E-state index contributed by atoms with van der Waals surface area (Å²) >= 11 is 0. The van der Waals surface area contributed by atoms with Gasteiger partial charge in [0.1, 0.15) is 0 Å². The van der Waals surface area contributed by atoms with Crippen LogP contribution in [-0.2, 0) is 11.0 Å². The van der Waals surface area contributed by atoms with Crippen molar-refractivity contribution in [1.82, 2.24) is 15.3 Å². The Kier molecular flexibility index (Phi) is 3.46. The van der Waals surface area contributed by atoms with Gasteiger partial charge in [0, 0.05) is 0 Å². The molecule has 2 heterocycles. The number of nitrogens with one attached hydrogen (secondary N) is 2. The third kappa shape index (κ3) is 2.95. The molecule has 0 bridgehead atoms. The molecule has 5 nitrogen and oxygen atoms in total. The van der Waals surface area contributed by atoms with Crippen molar-refractivity contribution in [2.75, 3.05) is 11.9 Å². The lowest BCUT2D eigenvalue weighted by molar-refractivity contribution is -0.141. The minimum Gasteiger partial charge on any atom is -0.308 e. The summed E-state index contributed by atoms with van der Waals surface area (Å²) in [5, 5.41) is 5.26. The maximum atomic E-state index is 12.4. The maximum Gasteiger partial charge on any atom is 0.434 e. The van der Waals surface area contributed by atoms with Crippen molar-refractivity contribution in [2.45, 2.75) is 25.1 Å². The average molecular weight is 260 g/mol. The van der Waals surface area contributed by atoms with Crippen LogP contribution in [0.3, 0.4) is 0 Å². The Bertz CT molecular complexity index is 443. The van der Waals surface area contributed by atoms with Gasteiger partial charge in [-0.3, -0.25) is 9.78 Å². The van der Waals surface area contributed by atoms with Gasteiger partial charge in [-0.05, 0) is 19.4 Å². The number of aromatic nitrogens is 2. The summed E-state index contributed by atoms with van der Waals surface area (Å²) in [5.41, 5.74) is -1.13. The Morgan fingerprint density at radius 3 is 2.83 bits per heavy atom. The van der Waals surface area contributed by atoms with Crippen LogP contribution in [0.2, 0.25) is 0 Å². The topological polar surface area (TPSA) is 66.9 Å². The minimum atomic E-state index is -4.57. The van der Waals surface area contributed by atoms with Gasteiger partial charge >= 0.3 is 6.18 Å². The van der Waals surface area contributed by atoms with E-state index in [-0.39, 0.29) is 17.8 Å². The number of rotatable bonds is 2. The number of nitrogens with zero attached hydrogens (tertiary/aromatic N) is 2. The highest BCUT2D eigenvalue weighted by molar-refractivity contribution is 5.94. The fraction of sp³-hybridized carbons (Fsp3) is 0.500. The fourth-order valence-corrected chi connectivity index (χ4v) is 1.68. The van der Waals surface area contributed by atoms with Crippen LogP contribution in [0.5, 0.6) is 0 Å². The summed E-state index contributed by atoms with van der Waals surface area (Å²) in [6, 6.07) is -0.374. The third-order valence-corrected chi connectivity index (χ3v) is 2.55. The molecule has 1 amide bonds. The average Bonchev–Trinajstić information content (AvgIpc) is 2.81. The second-order valence-corrected chi connectivity index (χ2v) is 3.93. The largest absolute Gasteiger partial charge is 0.434 e. The fourth-order valence-electron chi connectivity index (χ4n) is 1.68. The van der Waals surface area contributed by atoms with Crippen molar-refractivity contribution in [3.8, 4) is 0 Å². The smallest absolute Gasteiger partial charge is 0.308 e. The monoisotopic (exact) mass is 260 g/mol. The molecule has 1 aliphatic heterocycles. The van der Waals surface area contributed by atoms with E-state index in [4.69, 9.17) is 0 Å². The van der Waals surface area contributed by atoms with Gasteiger partial charge in [0.25, 0.3) is 0 Å². The lowest BCUT2D eigenvalue weighted by atomic mass is 10.2.